The Kier molecular flexibility index (Phi) is 4.02. The summed E-state index contributed by atoms with van der Waals surface area (Å²) < 4.78 is 9.23. The number of nitrogens with one attached hydrogen (secondary N) is 1. The molecule has 0 radical (unpaired) electrons. The second-order valence-electron chi connectivity index (χ2n) is 4.18. The van der Waals surface area contributed by atoms with Crippen LogP contribution in [-0.4, -0.2) is 25.7 Å². The van der Waals surface area contributed by atoms with E-state index < -0.39 is 0 Å². The summed E-state index contributed by atoms with van der Waals surface area (Å²) >= 11 is 2.59. The van der Waals surface area contributed by atoms with E-state index in [4.69, 9.17) is 4.42 Å². The summed E-state index contributed by atoms with van der Waals surface area (Å²) in [6.45, 7) is 2.02. The monoisotopic (exact) mass is 321 g/mol. The third-order valence-electron chi connectivity index (χ3n) is 2.66. The van der Waals surface area contributed by atoms with Crippen molar-refractivity contribution in [1.29, 1.82) is 0 Å². The summed E-state index contributed by atoms with van der Waals surface area (Å²) in [6.07, 6.45) is 1.61. The zero-order valence-electron chi connectivity index (χ0n) is 11.1. The van der Waals surface area contributed by atoms with Crippen LogP contribution in [0.2, 0.25) is 0 Å². The summed E-state index contributed by atoms with van der Waals surface area (Å²) in [5, 5.41) is 18.1. The molecular formula is C12H11N5O2S2. The number of amides is 1. The molecule has 108 valence electrons. The zero-order valence-corrected chi connectivity index (χ0v) is 12.7. The van der Waals surface area contributed by atoms with E-state index in [0.29, 0.717) is 22.9 Å². The first-order valence-corrected chi connectivity index (χ1v) is 7.98. The first kappa shape index (κ1) is 13.8. The number of aromatic nitrogens is 4. The van der Waals surface area contributed by atoms with E-state index in [9.17, 15) is 4.79 Å². The van der Waals surface area contributed by atoms with Gasteiger partial charge < -0.3 is 4.42 Å². The molecule has 9 heteroatoms. The average Bonchev–Trinajstić information content (AvgIpc) is 3.20. The lowest BCUT2D eigenvalue weighted by Gasteiger charge is -1.98. The highest BCUT2D eigenvalue weighted by Gasteiger charge is 2.18. The number of aryl methyl sites for hydroxylation is 1. The molecule has 0 fully saturated rings. The summed E-state index contributed by atoms with van der Waals surface area (Å²) in [7, 11) is 0. The van der Waals surface area contributed by atoms with Gasteiger partial charge in [0.05, 0.1) is 5.69 Å². The third-order valence-corrected chi connectivity index (χ3v) is 4.11. The van der Waals surface area contributed by atoms with Crippen LogP contribution < -0.4 is 5.32 Å². The highest BCUT2D eigenvalue weighted by Crippen LogP contribution is 2.22. The Balaban J connectivity index is 1.74. The number of hydrogen-bond donors (Lipinski definition) is 1. The fourth-order valence-corrected chi connectivity index (χ4v) is 2.94. The van der Waals surface area contributed by atoms with Crippen LogP contribution >= 0.6 is 22.9 Å². The number of thiophene rings is 1. The van der Waals surface area contributed by atoms with Gasteiger partial charge in [-0.05, 0) is 29.4 Å². The Bertz CT molecular complexity index is 735. The molecule has 7 nitrogen and oxygen atoms in total. The molecule has 0 bridgehead atoms. The fourth-order valence-electron chi connectivity index (χ4n) is 1.71. The van der Waals surface area contributed by atoms with Crippen molar-refractivity contribution in [2.24, 2.45) is 0 Å². The Morgan fingerprint density at radius 1 is 1.38 bits per heavy atom. The van der Waals surface area contributed by atoms with E-state index in [1.807, 2.05) is 23.8 Å². The summed E-state index contributed by atoms with van der Waals surface area (Å²) in [6, 6.07) is 1.94. The Morgan fingerprint density at radius 2 is 2.29 bits per heavy atom. The van der Waals surface area contributed by atoms with Gasteiger partial charge >= 0.3 is 6.01 Å². The number of carbonyl (C=O) groups is 1. The van der Waals surface area contributed by atoms with Crippen molar-refractivity contribution >= 4 is 34.8 Å². The van der Waals surface area contributed by atoms with E-state index in [0.717, 1.165) is 23.5 Å². The molecule has 3 aromatic rings. The second kappa shape index (κ2) is 6.10. The van der Waals surface area contributed by atoms with Gasteiger partial charge in [0, 0.05) is 10.9 Å². The van der Waals surface area contributed by atoms with Crippen molar-refractivity contribution < 1.29 is 9.21 Å². The highest BCUT2D eigenvalue weighted by molar-refractivity contribution is 7.08. The molecular weight excluding hydrogens is 310 g/mol. The topological polar surface area (TPSA) is 93.8 Å². The zero-order chi connectivity index (χ0) is 14.7. The fraction of sp³-hybridized carbons (Fsp3) is 0.250. The van der Waals surface area contributed by atoms with Crippen LogP contribution in [0.15, 0.2) is 21.2 Å². The summed E-state index contributed by atoms with van der Waals surface area (Å²) in [4.78, 5) is 12.6. The van der Waals surface area contributed by atoms with Crippen LogP contribution in [0.4, 0.5) is 6.01 Å². The minimum atomic E-state index is -0.325. The van der Waals surface area contributed by atoms with Crippen LogP contribution in [0.5, 0.6) is 0 Å². The molecule has 0 saturated carbocycles. The van der Waals surface area contributed by atoms with Gasteiger partial charge in [-0.2, -0.15) is 11.3 Å². The van der Waals surface area contributed by atoms with E-state index in [-0.39, 0.29) is 11.9 Å². The molecule has 21 heavy (non-hydrogen) atoms. The molecule has 0 atom stereocenters. The summed E-state index contributed by atoms with van der Waals surface area (Å²) in [5.41, 5.74) is 1.52. The minimum absolute atomic E-state index is 0.0667. The van der Waals surface area contributed by atoms with E-state index in [1.165, 1.54) is 11.3 Å². The molecule has 0 aromatic carbocycles. The van der Waals surface area contributed by atoms with Crippen molar-refractivity contribution in [2.75, 3.05) is 5.32 Å². The Labute approximate surface area is 128 Å². The molecule has 3 heterocycles. The maximum atomic E-state index is 12.2. The van der Waals surface area contributed by atoms with Crippen molar-refractivity contribution in [1.82, 2.24) is 19.8 Å². The molecule has 1 N–H and O–H groups in total. The van der Waals surface area contributed by atoms with Gasteiger partial charge in [-0.15, -0.1) is 10.2 Å². The SMILES string of the molecule is CCCc1nnsc1C(=O)Nc1nnc(-c2ccsc2)o1. The molecule has 0 aliphatic heterocycles. The van der Waals surface area contributed by atoms with Gasteiger partial charge in [-0.25, -0.2) is 0 Å². The van der Waals surface area contributed by atoms with Gasteiger partial charge in [0.25, 0.3) is 11.8 Å². The molecule has 0 saturated heterocycles. The molecule has 0 aliphatic rings. The number of nitrogens with zero attached hydrogens (tertiary/aromatic N) is 4. The van der Waals surface area contributed by atoms with Gasteiger partial charge in [0.15, 0.2) is 0 Å². The van der Waals surface area contributed by atoms with Crippen LogP contribution in [0.3, 0.4) is 0 Å². The molecule has 1 amide bonds. The largest absolute Gasteiger partial charge is 0.403 e. The number of rotatable bonds is 5. The Morgan fingerprint density at radius 3 is 3.05 bits per heavy atom. The third kappa shape index (κ3) is 2.98. The first-order chi connectivity index (χ1) is 10.3. The molecule has 0 spiro atoms. The van der Waals surface area contributed by atoms with Gasteiger partial charge in [-0.1, -0.05) is 22.9 Å². The molecule has 3 aromatic heterocycles. The number of carbonyl (C=O) groups excluding carboxylic acids is 1. The smallest absolute Gasteiger partial charge is 0.322 e. The van der Waals surface area contributed by atoms with Gasteiger partial charge in [-0.3, -0.25) is 10.1 Å². The van der Waals surface area contributed by atoms with Crippen molar-refractivity contribution in [2.45, 2.75) is 19.8 Å². The van der Waals surface area contributed by atoms with Crippen LogP contribution in [0.25, 0.3) is 11.5 Å². The van der Waals surface area contributed by atoms with E-state index >= 15 is 0 Å². The highest BCUT2D eigenvalue weighted by atomic mass is 32.1. The van der Waals surface area contributed by atoms with Gasteiger partial charge in [0.2, 0.25) is 0 Å². The number of hydrogen-bond acceptors (Lipinski definition) is 8. The Hall–Kier alpha value is -2.13. The van der Waals surface area contributed by atoms with Gasteiger partial charge in [0.1, 0.15) is 4.88 Å². The van der Waals surface area contributed by atoms with Crippen LogP contribution in [0, 0.1) is 0 Å². The maximum absolute atomic E-state index is 12.2. The van der Waals surface area contributed by atoms with Crippen molar-refractivity contribution in [3.05, 3.63) is 27.4 Å². The minimum Gasteiger partial charge on any atom is -0.403 e. The van der Waals surface area contributed by atoms with Crippen molar-refractivity contribution in [3.8, 4) is 11.5 Å². The summed E-state index contributed by atoms with van der Waals surface area (Å²) in [5.74, 6) is 0.0525. The predicted octanol–water partition coefficient (Wildman–Crippen LogP) is 2.85. The predicted molar refractivity (Wildman–Crippen MR) is 79.5 cm³/mol. The number of anilines is 1. The first-order valence-electron chi connectivity index (χ1n) is 6.26. The lowest BCUT2D eigenvalue weighted by atomic mass is 10.2. The lowest BCUT2D eigenvalue weighted by molar-refractivity contribution is 0.102. The molecule has 0 aliphatic carbocycles. The van der Waals surface area contributed by atoms with E-state index in [2.05, 4.69) is 25.1 Å². The molecule has 3 rings (SSSR count). The molecule has 0 unspecified atom stereocenters. The standard InChI is InChI=1S/C12H11N5O2S2/c1-2-3-8-9(21-17-14-8)10(18)13-12-16-15-11(19-12)7-4-5-20-6-7/h4-6H,2-3H2,1H3,(H,13,16,18). The second-order valence-corrected chi connectivity index (χ2v) is 5.71. The normalized spacial score (nSPS) is 10.7. The van der Waals surface area contributed by atoms with Crippen LogP contribution in [-0.2, 0) is 6.42 Å². The quantitative estimate of drug-likeness (QED) is 0.776. The van der Waals surface area contributed by atoms with Crippen molar-refractivity contribution in [3.63, 3.8) is 0 Å². The van der Waals surface area contributed by atoms with E-state index in [1.54, 1.807) is 0 Å². The average molecular weight is 321 g/mol. The lowest BCUT2D eigenvalue weighted by Crippen LogP contribution is -2.12. The van der Waals surface area contributed by atoms with Crippen LogP contribution in [0.1, 0.15) is 28.7 Å². The maximum Gasteiger partial charge on any atom is 0.322 e.